The third-order valence-electron chi connectivity index (χ3n) is 4.05. The zero-order valence-electron chi connectivity index (χ0n) is 14.9. The van der Waals surface area contributed by atoms with E-state index in [1.54, 1.807) is 42.5 Å². The van der Waals surface area contributed by atoms with Crippen LogP contribution in [0.1, 0.15) is 5.56 Å². The Morgan fingerprint density at radius 3 is 2.86 bits per heavy atom. The van der Waals surface area contributed by atoms with Gasteiger partial charge in [0.05, 0.1) is 13.3 Å². The lowest BCUT2D eigenvalue weighted by atomic mass is 10.3. The molecule has 4 aromatic rings. The molecule has 0 saturated heterocycles. The predicted molar refractivity (Wildman–Crippen MR) is 100 cm³/mol. The number of rotatable bonds is 7. The molecule has 9 nitrogen and oxygen atoms in total. The molecule has 144 valence electrons. The van der Waals surface area contributed by atoms with Crippen LogP contribution in [0.2, 0.25) is 0 Å². The van der Waals surface area contributed by atoms with Crippen LogP contribution < -0.4 is 9.46 Å². The summed E-state index contributed by atoms with van der Waals surface area (Å²) in [7, 11) is -2.23. The molecule has 2 N–H and O–H groups in total. The van der Waals surface area contributed by atoms with E-state index in [0.29, 0.717) is 22.8 Å². The SMILES string of the molecule is COc1ccccc1-n1cc(CNS(=O)(=O)c2ccc(-c3ccn[nH]3)o2)cn1. The number of nitrogens with zero attached hydrogens (tertiary/aromatic N) is 3. The van der Waals surface area contributed by atoms with Gasteiger partial charge < -0.3 is 9.15 Å². The van der Waals surface area contributed by atoms with Gasteiger partial charge in [-0.25, -0.2) is 17.8 Å². The van der Waals surface area contributed by atoms with Gasteiger partial charge in [-0.15, -0.1) is 0 Å². The van der Waals surface area contributed by atoms with E-state index < -0.39 is 10.0 Å². The number of nitrogens with one attached hydrogen (secondary N) is 2. The van der Waals surface area contributed by atoms with E-state index in [4.69, 9.17) is 9.15 Å². The van der Waals surface area contributed by atoms with E-state index in [-0.39, 0.29) is 11.6 Å². The second kappa shape index (κ2) is 7.33. The summed E-state index contributed by atoms with van der Waals surface area (Å²) in [5, 5.41) is 10.6. The van der Waals surface area contributed by atoms with E-state index >= 15 is 0 Å². The van der Waals surface area contributed by atoms with E-state index in [2.05, 4.69) is 20.0 Å². The normalized spacial score (nSPS) is 11.6. The summed E-state index contributed by atoms with van der Waals surface area (Å²) >= 11 is 0. The largest absolute Gasteiger partial charge is 0.494 e. The van der Waals surface area contributed by atoms with Gasteiger partial charge in [0, 0.05) is 24.5 Å². The molecule has 0 aliphatic carbocycles. The third-order valence-corrected chi connectivity index (χ3v) is 5.32. The maximum absolute atomic E-state index is 12.5. The first-order valence-electron chi connectivity index (χ1n) is 8.33. The topological polar surface area (TPSA) is 115 Å². The van der Waals surface area contributed by atoms with Crippen molar-refractivity contribution in [1.82, 2.24) is 24.7 Å². The number of hydrogen-bond acceptors (Lipinski definition) is 6. The van der Waals surface area contributed by atoms with Crippen molar-refractivity contribution in [2.24, 2.45) is 0 Å². The quantitative estimate of drug-likeness (QED) is 0.493. The summed E-state index contributed by atoms with van der Waals surface area (Å²) in [6, 6.07) is 12.1. The van der Waals surface area contributed by atoms with E-state index in [1.807, 2.05) is 24.3 Å². The van der Waals surface area contributed by atoms with Gasteiger partial charge in [0.25, 0.3) is 10.0 Å². The Bertz CT molecular complexity index is 1180. The highest BCUT2D eigenvalue weighted by atomic mass is 32.2. The lowest BCUT2D eigenvalue weighted by Gasteiger charge is -2.07. The number of aromatic amines is 1. The maximum atomic E-state index is 12.5. The van der Waals surface area contributed by atoms with Gasteiger partial charge in [0.15, 0.2) is 5.76 Å². The Morgan fingerprint density at radius 2 is 2.07 bits per heavy atom. The summed E-state index contributed by atoms with van der Waals surface area (Å²) in [5.74, 6) is 1.06. The van der Waals surface area contributed by atoms with Gasteiger partial charge >= 0.3 is 0 Å². The fourth-order valence-electron chi connectivity index (χ4n) is 2.65. The van der Waals surface area contributed by atoms with Gasteiger partial charge in [-0.05, 0) is 30.3 Å². The first kappa shape index (κ1) is 18.0. The van der Waals surface area contributed by atoms with Crippen LogP contribution in [-0.4, -0.2) is 35.5 Å². The second-order valence-electron chi connectivity index (χ2n) is 5.88. The lowest BCUT2D eigenvalue weighted by molar-refractivity contribution is 0.411. The Balaban J connectivity index is 1.48. The molecule has 0 unspecified atom stereocenters. The molecule has 1 aromatic carbocycles. The fourth-order valence-corrected chi connectivity index (χ4v) is 3.60. The molecule has 0 spiro atoms. The number of H-pyrrole nitrogens is 1. The standard InChI is InChI=1S/C18H17N5O4S/c1-26-17-5-3-2-4-15(17)23-12-13(10-20-23)11-21-28(24,25)18-7-6-16(27-18)14-8-9-19-22-14/h2-10,12,21H,11H2,1H3,(H,19,22). The average Bonchev–Trinajstić information content (AvgIpc) is 3.47. The van der Waals surface area contributed by atoms with Crippen LogP contribution in [0, 0.1) is 0 Å². The Labute approximate surface area is 161 Å². The zero-order valence-corrected chi connectivity index (χ0v) is 15.7. The molecular weight excluding hydrogens is 382 g/mol. The first-order valence-corrected chi connectivity index (χ1v) is 9.81. The van der Waals surface area contributed by atoms with E-state index in [9.17, 15) is 8.42 Å². The van der Waals surface area contributed by atoms with Crippen LogP contribution in [0.4, 0.5) is 0 Å². The lowest BCUT2D eigenvalue weighted by Crippen LogP contribution is -2.22. The number of aromatic nitrogens is 4. The molecule has 0 amide bonds. The Kier molecular flexibility index (Phi) is 4.72. The number of ether oxygens (including phenoxy) is 1. The Hall–Kier alpha value is -3.37. The van der Waals surface area contributed by atoms with Gasteiger partial charge in [-0.2, -0.15) is 10.2 Å². The minimum absolute atomic E-state index is 0.0670. The number of methoxy groups -OCH3 is 1. The van der Waals surface area contributed by atoms with Gasteiger partial charge in [-0.3, -0.25) is 5.10 Å². The molecule has 3 aromatic heterocycles. The van der Waals surface area contributed by atoms with Crippen molar-refractivity contribution in [3.63, 3.8) is 0 Å². The molecule has 28 heavy (non-hydrogen) atoms. The summed E-state index contributed by atoms with van der Waals surface area (Å²) in [6.07, 6.45) is 4.88. The monoisotopic (exact) mass is 399 g/mol. The van der Waals surface area contributed by atoms with Crippen molar-refractivity contribution in [2.45, 2.75) is 11.6 Å². The van der Waals surface area contributed by atoms with Crippen LogP contribution in [0.3, 0.4) is 0 Å². The highest BCUT2D eigenvalue weighted by Crippen LogP contribution is 2.23. The first-order chi connectivity index (χ1) is 13.6. The smallest absolute Gasteiger partial charge is 0.274 e. The molecule has 0 aliphatic heterocycles. The number of para-hydroxylation sites is 2. The van der Waals surface area contributed by atoms with Crippen LogP contribution in [0.15, 0.2) is 70.6 Å². The van der Waals surface area contributed by atoms with Crippen LogP contribution in [0.5, 0.6) is 5.75 Å². The van der Waals surface area contributed by atoms with Crippen LogP contribution in [0.25, 0.3) is 17.1 Å². The number of furan rings is 1. The summed E-state index contributed by atoms with van der Waals surface area (Å²) < 4.78 is 39.9. The number of benzene rings is 1. The summed E-state index contributed by atoms with van der Waals surface area (Å²) in [6.45, 7) is 0.0670. The minimum Gasteiger partial charge on any atom is -0.494 e. The van der Waals surface area contributed by atoms with E-state index in [1.165, 1.54) is 6.07 Å². The molecule has 10 heteroatoms. The molecule has 0 bridgehead atoms. The Morgan fingerprint density at radius 1 is 1.21 bits per heavy atom. The van der Waals surface area contributed by atoms with Crippen LogP contribution >= 0.6 is 0 Å². The maximum Gasteiger partial charge on any atom is 0.274 e. The molecule has 0 fully saturated rings. The van der Waals surface area contributed by atoms with Crippen molar-refractivity contribution < 1.29 is 17.6 Å². The van der Waals surface area contributed by atoms with Crippen molar-refractivity contribution in [2.75, 3.05) is 7.11 Å². The summed E-state index contributed by atoms with van der Waals surface area (Å²) in [4.78, 5) is 0. The van der Waals surface area contributed by atoms with Gasteiger partial charge in [0.2, 0.25) is 5.09 Å². The van der Waals surface area contributed by atoms with Crippen molar-refractivity contribution in [3.8, 4) is 22.9 Å². The minimum atomic E-state index is -3.81. The third kappa shape index (κ3) is 3.55. The fraction of sp³-hybridized carbons (Fsp3) is 0.111. The van der Waals surface area contributed by atoms with Gasteiger partial charge in [-0.1, -0.05) is 12.1 Å². The molecule has 4 rings (SSSR count). The number of hydrogen-bond donors (Lipinski definition) is 2. The predicted octanol–water partition coefficient (Wildman–Crippen LogP) is 2.34. The average molecular weight is 399 g/mol. The number of sulfonamides is 1. The van der Waals surface area contributed by atoms with Crippen molar-refractivity contribution >= 4 is 10.0 Å². The van der Waals surface area contributed by atoms with Gasteiger partial charge in [0.1, 0.15) is 17.1 Å². The molecule has 3 heterocycles. The van der Waals surface area contributed by atoms with Crippen LogP contribution in [-0.2, 0) is 16.6 Å². The molecular formula is C18H17N5O4S. The second-order valence-corrected chi connectivity index (χ2v) is 7.58. The molecule has 0 saturated carbocycles. The zero-order chi connectivity index (χ0) is 19.6. The highest BCUT2D eigenvalue weighted by Gasteiger charge is 2.20. The van der Waals surface area contributed by atoms with Crippen molar-refractivity contribution in [1.29, 1.82) is 0 Å². The van der Waals surface area contributed by atoms with E-state index in [0.717, 1.165) is 5.69 Å². The molecule has 0 radical (unpaired) electrons. The molecule has 0 atom stereocenters. The van der Waals surface area contributed by atoms with Crippen molar-refractivity contribution in [3.05, 3.63) is 66.6 Å². The summed E-state index contributed by atoms with van der Waals surface area (Å²) in [5.41, 5.74) is 2.05. The molecule has 0 aliphatic rings. The highest BCUT2D eigenvalue weighted by molar-refractivity contribution is 7.89.